The van der Waals surface area contributed by atoms with Crippen molar-refractivity contribution in [3.63, 3.8) is 0 Å². The van der Waals surface area contributed by atoms with E-state index < -0.39 is 37.0 Å². The van der Waals surface area contributed by atoms with Gasteiger partial charge in [-0.2, -0.15) is 0 Å². The molecular formula is C28H52N2O7. The molecule has 216 valence electrons. The average Bonchev–Trinajstić information content (AvgIpc) is 2.82. The molecule has 0 aliphatic carbocycles. The molecule has 0 heterocycles. The smallest absolute Gasteiger partial charge is 0.320 e. The number of carbonyl (C=O) groups is 4. The summed E-state index contributed by atoms with van der Waals surface area (Å²) in [6.45, 7) is 1.36. The van der Waals surface area contributed by atoms with E-state index in [4.69, 9.17) is 10.2 Å². The molecule has 37 heavy (non-hydrogen) atoms. The van der Waals surface area contributed by atoms with Gasteiger partial charge in [-0.3, -0.25) is 24.1 Å². The first-order valence-electron chi connectivity index (χ1n) is 14.4. The van der Waals surface area contributed by atoms with Crippen LogP contribution in [-0.2, 0) is 19.2 Å². The lowest BCUT2D eigenvalue weighted by Crippen LogP contribution is -2.46. The molecule has 0 fully saturated rings. The quantitative estimate of drug-likeness (QED) is 0.103. The minimum Gasteiger partial charge on any atom is -0.480 e. The van der Waals surface area contributed by atoms with Gasteiger partial charge in [-0.1, -0.05) is 96.8 Å². The number of amides is 1. The van der Waals surface area contributed by atoms with Crippen LogP contribution in [0.15, 0.2) is 0 Å². The maximum atomic E-state index is 12.0. The summed E-state index contributed by atoms with van der Waals surface area (Å²) in [5.74, 6) is -3.82. The molecule has 0 aromatic carbocycles. The molecule has 1 amide bonds. The summed E-state index contributed by atoms with van der Waals surface area (Å²) in [7, 11) is 0. The maximum absolute atomic E-state index is 12.0. The van der Waals surface area contributed by atoms with E-state index in [0.29, 0.717) is 25.8 Å². The summed E-state index contributed by atoms with van der Waals surface area (Å²) in [6, 6.07) is -1.19. The van der Waals surface area contributed by atoms with Gasteiger partial charge >= 0.3 is 17.9 Å². The molecule has 0 rings (SSSR count). The van der Waals surface area contributed by atoms with Crippen molar-refractivity contribution in [2.75, 3.05) is 19.6 Å². The van der Waals surface area contributed by atoms with Crippen molar-refractivity contribution in [1.29, 1.82) is 0 Å². The summed E-state index contributed by atoms with van der Waals surface area (Å²) in [5, 5.41) is 30.1. The number of carboxylic acid groups (broad SMARTS) is 3. The molecule has 9 heteroatoms. The Labute approximate surface area is 223 Å². The van der Waals surface area contributed by atoms with E-state index in [2.05, 4.69) is 12.2 Å². The summed E-state index contributed by atoms with van der Waals surface area (Å²) in [5.41, 5.74) is 0. The van der Waals surface area contributed by atoms with Crippen molar-refractivity contribution in [1.82, 2.24) is 10.2 Å². The SMILES string of the molecule is CCCCCCCCCCCCCCCCCC(=O)NCCCC[C@@H](C(=O)O)N(CC(=O)O)CC(=O)O. The van der Waals surface area contributed by atoms with E-state index in [9.17, 15) is 24.3 Å². The Morgan fingerprint density at radius 1 is 0.622 bits per heavy atom. The van der Waals surface area contributed by atoms with E-state index >= 15 is 0 Å². The predicted molar refractivity (Wildman–Crippen MR) is 145 cm³/mol. The normalized spacial score (nSPS) is 11.9. The van der Waals surface area contributed by atoms with Gasteiger partial charge < -0.3 is 20.6 Å². The second-order valence-electron chi connectivity index (χ2n) is 10.1. The molecule has 0 bridgehead atoms. The third-order valence-corrected chi connectivity index (χ3v) is 6.64. The van der Waals surface area contributed by atoms with Crippen LogP contribution in [0.4, 0.5) is 0 Å². The number of aliphatic carboxylic acids is 3. The van der Waals surface area contributed by atoms with E-state index in [1.54, 1.807) is 0 Å². The van der Waals surface area contributed by atoms with Crippen molar-refractivity contribution in [2.45, 2.75) is 135 Å². The highest BCUT2D eigenvalue weighted by Crippen LogP contribution is 2.14. The summed E-state index contributed by atoms with van der Waals surface area (Å²) in [4.78, 5) is 46.3. The topological polar surface area (TPSA) is 144 Å². The summed E-state index contributed by atoms with van der Waals surface area (Å²) in [6.07, 6.45) is 20.8. The van der Waals surface area contributed by atoms with Gasteiger partial charge in [0.25, 0.3) is 0 Å². The van der Waals surface area contributed by atoms with Gasteiger partial charge in [0.05, 0.1) is 13.1 Å². The molecule has 0 spiro atoms. The fourth-order valence-corrected chi connectivity index (χ4v) is 4.52. The minimum atomic E-state index is -1.28. The Hall–Kier alpha value is -2.16. The van der Waals surface area contributed by atoms with Crippen LogP contribution in [0, 0.1) is 0 Å². The highest BCUT2D eigenvalue weighted by atomic mass is 16.4. The highest BCUT2D eigenvalue weighted by molar-refractivity contribution is 5.78. The highest BCUT2D eigenvalue weighted by Gasteiger charge is 2.28. The van der Waals surface area contributed by atoms with Gasteiger partial charge in [-0.25, -0.2) is 0 Å². The van der Waals surface area contributed by atoms with Crippen molar-refractivity contribution >= 4 is 23.8 Å². The Morgan fingerprint density at radius 3 is 1.46 bits per heavy atom. The lowest BCUT2D eigenvalue weighted by molar-refractivity contribution is -0.149. The first kappa shape index (κ1) is 34.8. The lowest BCUT2D eigenvalue weighted by atomic mass is 10.0. The van der Waals surface area contributed by atoms with Crippen LogP contribution < -0.4 is 5.32 Å². The maximum Gasteiger partial charge on any atom is 0.320 e. The lowest BCUT2D eigenvalue weighted by Gasteiger charge is -2.25. The monoisotopic (exact) mass is 528 g/mol. The number of carboxylic acids is 3. The molecule has 9 nitrogen and oxygen atoms in total. The zero-order valence-corrected chi connectivity index (χ0v) is 23.1. The zero-order chi connectivity index (χ0) is 27.7. The number of hydrogen-bond donors (Lipinski definition) is 4. The molecule has 4 N–H and O–H groups in total. The van der Waals surface area contributed by atoms with Crippen LogP contribution >= 0.6 is 0 Å². The van der Waals surface area contributed by atoms with Crippen molar-refractivity contribution in [3.8, 4) is 0 Å². The van der Waals surface area contributed by atoms with Crippen LogP contribution in [0.25, 0.3) is 0 Å². The largest absolute Gasteiger partial charge is 0.480 e. The average molecular weight is 529 g/mol. The molecular weight excluding hydrogens is 476 g/mol. The van der Waals surface area contributed by atoms with Crippen molar-refractivity contribution < 1.29 is 34.5 Å². The van der Waals surface area contributed by atoms with Gasteiger partial charge in [0, 0.05) is 13.0 Å². The number of rotatable bonds is 27. The zero-order valence-electron chi connectivity index (χ0n) is 23.1. The fourth-order valence-electron chi connectivity index (χ4n) is 4.52. The van der Waals surface area contributed by atoms with E-state index in [-0.39, 0.29) is 12.3 Å². The molecule has 0 saturated heterocycles. The first-order valence-corrected chi connectivity index (χ1v) is 14.4. The van der Waals surface area contributed by atoms with E-state index in [0.717, 1.165) is 24.2 Å². The Balaban J connectivity index is 3.71. The predicted octanol–water partition coefficient (Wildman–Crippen LogP) is 5.46. The molecule has 0 aromatic heterocycles. The molecule has 0 radical (unpaired) electrons. The van der Waals surface area contributed by atoms with Gasteiger partial charge in [0.15, 0.2) is 0 Å². The third-order valence-electron chi connectivity index (χ3n) is 6.64. The molecule has 0 aliphatic rings. The number of carbonyl (C=O) groups excluding carboxylic acids is 1. The van der Waals surface area contributed by atoms with Gasteiger partial charge in [0.1, 0.15) is 6.04 Å². The number of hydrogen-bond acceptors (Lipinski definition) is 5. The Morgan fingerprint density at radius 2 is 1.05 bits per heavy atom. The second-order valence-corrected chi connectivity index (χ2v) is 10.1. The Kier molecular flexibility index (Phi) is 22.8. The van der Waals surface area contributed by atoms with Crippen molar-refractivity contribution in [2.24, 2.45) is 0 Å². The number of nitrogens with zero attached hydrogens (tertiary/aromatic N) is 1. The van der Waals surface area contributed by atoms with Crippen molar-refractivity contribution in [3.05, 3.63) is 0 Å². The molecule has 0 aromatic rings. The van der Waals surface area contributed by atoms with Crippen LogP contribution in [0.1, 0.15) is 129 Å². The second kappa shape index (κ2) is 24.2. The number of unbranched alkanes of at least 4 members (excludes halogenated alkanes) is 15. The molecule has 1 atom stereocenters. The van der Waals surface area contributed by atoms with Crippen LogP contribution in [0.2, 0.25) is 0 Å². The van der Waals surface area contributed by atoms with Crippen LogP contribution in [-0.4, -0.2) is 69.7 Å². The summed E-state index contributed by atoms with van der Waals surface area (Å²) >= 11 is 0. The third kappa shape index (κ3) is 22.7. The molecule has 0 saturated carbocycles. The standard InChI is InChI=1S/C28H52N2O7/c1-2-3-4-5-6-7-8-9-10-11-12-13-14-15-16-20-25(31)29-21-18-17-19-24(28(36)37)30(22-26(32)33)23-27(34)35/h24H,2-23H2,1H3,(H,29,31)(H,32,33)(H,34,35)(H,36,37)/t24-/m0/s1. The first-order chi connectivity index (χ1) is 17.8. The van der Waals surface area contributed by atoms with Gasteiger partial charge in [-0.15, -0.1) is 0 Å². The molecule has 0 aliphatic heterocycles. The van der Waals surface area contributed by atoms with Gasteiger partial charge in [-0.05, 0) is 25.7 Å². The number of nitrogens with one attached hydrogen (secondary N) is 1. The van der Waals surface area contributed by atoms with Crippen LogP contribution in [0.3, 0.4) is 0 Å². The van der Waals surface area contributed by atoms with E-state index in [1.807, 2.05) is 0 Å². The fraction of sp³-hybridized carbons (Fsp3) is 0.857. The van der Waals surface area contributed by atoms with Crippen LogP contribution in [0.5, 0.6) is 0 Å². The summed E-state index contributed by atoms with van der Waals surface area (Å²) < 4.78 is 0. The van der Waals surface area contributed by atoms with Gasteiger partial charge in [0.2, 0.25) is 5.91 Å². The molecule has 0 unspecified atom stereocenters. The minimum absolute atomic E-state index is 0.0112. The van der Waals surface area contributed by atoms with E-state index in [1.165, 1.54) is 77.0 Å². The Bertz CT molecular complexity index is 612.